The smallest absolute Gasteiger partial charge is 0.307 e. The van der Waals surface area contributed by atoms with Crippen molar-refractivity contribution in [3.05, 3.63) is 87.9 Å². The van der Waals surface area contributed by atoms with E-state index in [4.69, 9.17) is 11.6 Å². The maximum Gasteiger partial charge on any atom is 0.307 e. The van der Waals surface area contributed by atoms with E-state index in [1.807, 2.05) is 25.1 Å². The molecular formula is C27H22ClNO2. The molecule has 0 saturated carbocycles. The highest BCUT2D eigenvalue weighted by atomic mass is 35.5. The molecular weight excluding hydrogens is 406 g/mol. The summed E-state index contributed by atoms with van der Waals surface area (Å²) in [5.74, 6) is -0.838. The van der Waals surface area contributed by atoms with Gasteiger partial charge in [-0.25, -0.2) is 0 Å². The minimum Gasteiger partial charge on any atom is -0.481 e. The van der Waals surface area contributed by atoms with Gasteiger partial charge >= 0.3 is 5.97 Å². The third-order valence-electron chi connectivity index (χ3n) is 6.21. The first-order valence-corrected chi connectivity index (χ1v) is 10.8. The van der Waals surface area contributed by atoms with Crippen LogP contribution in [0.25, 0.3) is 39.0 Å². The fourth-order valence-corrected chi connectivity index (χ4v) is 4.97. The third kappa shape index (κ3) is 3.17. The summed E-state index contributed by atoms with van der Waals surface area (Å²) in [6, 6.07) is 20.8. The summed E-state index contributed by atoms with van der Waals surface area (Å²) in [5.41, 5.74) is 8.40. The highest BCUT2D eigenvalue weighted by Gasteiger charge is 2.25. The number of allylic oxidation sites excluding steroid dienone is 2. The SMILES string of the molecule is CCn1c2ccccc2c2cc(/C=C3/C(C)=C(CC(=O)O)c4cc(Cl)ccc43)ccc21. The lowest BCUT2D eigenvalue weighted by Gasteiger charge is -2.06. The van der Waals surface area contributed by atoms with E-state index in [9.17, 15) is 9.90 Å². The molecule has 1 aliphatic rings. The predicted molar refractivity (Wildman–Crippen MR) is 129 cm³/mol. The number of carbonyl (C=O) groups is 1. The minimum absolute atomic E-state index is 0.0143. The standard InChI is InChI=1S/C27H22ClNO2/c1-3-29-25-7-5-4-6-20(25)24-13-17(8-11-26(24)29)12-21-16(2)22(15-27(30)31)23-14-18(28)9-10-19(21)23/h4-14H,3,15H2,1-2H3,(H,30,31)/b21-12-. The number of benzene rings is 3. The lowest BCUT2D eigenvalue weighted by molar-refractivity contribution is -0.135. The average molecular weight is 428 g/mol. The van der Waals surface area contributed by atoms with E-state index >= 15 is 0 Å². The molecule has 0 radical (unpaired) electrons. The number of para-hydroxylation sites is 1. The molecule has 1 N–H and O–H groups in total. The number of hydrogen-bond acceptors (Lipinski definition) is 1. The molecule has 31 heavy (non-hydrogen) atoms. The van der Waals surface area contributed by atoms with E-state index in [0.717, 1.165) is 40.0 Å². The van der Waals surface area contributed by atoms with Crippen LogP contribution in [0.5, 0.6) is 0 Å². The number of carboxylic acid groups (broad SMARTS) is 1. The Morgan fingerprint density at radius 3 is 2.55 bits per heavy atom. The summed E-state index contributed by atoms with van der Waals surface area (Å²) in [4.78, 5) is 11.5. The van der Waals surface area contributed by atoms with Gasteiger partial charge < -0.3 is 9.67 Å². The van der Waals surface area contributed by atoms with E-state index < -0.39 is 5.97 Å². The van der Waals surface area contributed by atoms with Gasteiger partial charge in [0, 0.05) is 33.4 Å². The molecule has 1 aromatic heterocycles. The van der Waals surface area contributed by atoms with E-state index in [0.29, 0.717) is 5.02 Å². The van der Waals surface area contributed by atoms with Crippen molar-refractivity contribution in [2.24, 2.45) is 0 Å². The molecule has 154 valence electrons. The first-order chi connectivity index (χ1) is 15.0. The van der Waals surface area contributed by atoms with Crippen molar-refractivity contribution in [2.45, 2.75) is 26.8 Å². The number of aryl methyl sites for hydroxylation is 1. The maximum absolute atomic E-state index is 11.5. The van der Waals surface area contributed by atoms with Crippen LogP contribution in [0.3, 0.4) is 0 Å². The zero-order chi connectivity index (χ0) is 21.7. The minimum atomic E-state index is -0.838. The fraction of sp³-hybridized carbons (Fsp3) is 0.148. The van der Waals surface area contributed by atoms with Crippen LogP contribution >= 0.6 is 11.6 Å². The molecule has 0 saturated heterocycles. The predicted octanol–water partition coefficient (Wildman–Crippen LogP) is 7.27. The van der Waals surface area contributed by atoms with Gasteiger partial charge in [0.15, 0.2) is 0 Å². The molecule has 4 aromatic rings. The monoisotopic (exact) mass is 427 g/mol. The van der Waals surface area contributed by atoms with Gasteiger partial charge in [-0.1, -0.05) is 41.9 Å². The fourth-order valence-electron chi connectivity index (χ4n) is 4.80. The van der Waals surface area contributed by atoms with Crippen LogP contribution < -0.4 is 0 Å². The maximum atomic E-state index is 11.5. The molecule has 3 nitrogen and oxygen atoms in total. The van der Waals surface area contributed by atoms with Crippen molar-refractivity contribution in [1.29, 1.82) is 0 Å². The van der Waals surface area contributed by atoms with Crippen molar-refractivity contribution in [3.63, 3.8) is 0 Å². The first kappa shape index (κ1) is 19.7. The molecule has 0 fully saturated rings. The zero-order valence-electron chi connectivity index (χ0n) is 17.4. The molecule has 0 aliphatic heterocycles. The zero-order valence-corrected chi connectivity index (χ0v) is 18.2. The number of aliphatic carboxylic acids is 1. The van der Waals surface area contributed by atoms with Crippen LogP contribution in [-0.4, -0.2) is 15.6 Å². The average Bonchev–Trinajstić information content (AvgIpc) is 3.20. The number of aromatic nitrogens is 1. The Morgan fingerprint density at radius 2 is 1.77 bits per heavy atom. The second-order valence-corrected chi connectivity index (χ2v) is 8.40. The van der Waals surface area contributed by atoms with E-state index in [1.165, 1.54) is 21.8 Å². The Balaban J connectivity index is 1.71. The Hall–Kier alpha value is -3.30. The van der Waals surface area contributed by atoms with Crippen LogP contribution in [0.1, 0.15) is 37.0 Å². The number of hydrogen-bond donors (Lipinski definition) is 1. The first-order valence-electron chi connectivity index (χ1n) is 10.4. The topological polar surface area (TPSA) is 42.2 Å². The largest absolute Gasteiger partial charge is 0.481 e. The van der Waals surface area contributed by atoms with Crippen LogP contribution in [0.15, 0.2) is 66.2 Å². The number of fused-ring (bicyclic) bond motifs is 4. The van der Waals surface area contributed by atoms with Crippen molar-refractivity contribution >= 4 is 56.6 Å². The molecule has 5 rings (SSSR count). The van der Waals surface area contributed by atoms with Crippen LogP contribution in [0.4, 0.5) is 0 Å². The van der Waals surface area contributed by atoms with Gasteiger partial charge in [-0.3, -0.25) is 4.79 Å². The van der Waals surface area contributed by atoms with Gasteiger partial charge in [-0.2, -0.15) is 0 Å². The highest BCUT2D eigenvalue weighted by Crippen LogP contribution is 2.44. The number of carboxylic acids is 1. The molecule has 0 amide bonds. The molecule has 0 unspecified atom stereocenters. The van der Waals surface area contributed by atoms with Gasteiger partial charge in [0.05, 0.1) is 6.42 Å². The number of rotatable bonds is 4. The lowest BCUT2D eigenvalue weighted by atomic mass is 10.00. The summed E-state index contributed by atoms with van der Waals surface area (Å²) in [6.45, 7) is 5.08. The Kier molecular flexibility index (Phi) is 4.71. The summed E-state index contributed by atoms with van der Waals surface area (Å²) < 4.78 is 2.34. The van der Waals surface area contributed by atoms with E-state index in [1.54, 1.807) is 0 Å². The van der Waals surface area contributed by atoms with E-state index in [2.05, 4.69) is 60.0 Å². The second kappa shape index (κ2) is 7.44. The number of halogens is 1. The molecule has 1 heterocycles. The van der Waals surface area contributed by atoms with Gasteiger partial charge in [0.25, 0.3) is 0 Å². The summed E-state index contributed by atoms with van der Waals surface area (Å²) in [5, 5.41) is 12.5. The molecule has 0 atom stereocenters. The molecule has 3 aromatic carbocycles. The normalized spacial score (nSPS) is 14.7. The van der Waals surface area contributed by atoms with Crippen LogP contribution in [0, 0.1) is 0 Å². The highest BCUT2D eigenvalue weighted by molar-refractivity contribution is 6.31. The summed E-state index contributed by atoms with van der Waals surface area (Å²) in [7, 11) is 0. The molecule has 0 spiro atoms. The Labute approximate surface area is 185 Å². The van der Waals surface area contributed by atoms with Crippen molar-refractivity contribution in [3.8, 4) is 0 Å². The Bertz CT molecular complexity index is 1440. The van der Waals surface area contributed by atoms with Crippen LogP contribution in [0.2, 0.25) is 5.02 Å². The van der Waals surface area contributed by atoms with E-state index in [-0.39, 0.29) is 6.42 Å². The van der Waals surface area contributed by atoms with Crippen molar-refractivity contribution in [2.75, 3.05) is 0 Å². The van der Waals surface area contributed by atoms with Gasteiger partial charge in [0.2, 0.25) is 0 Å². The third-order valence-corrected chi connectivity index (χ3v) is 6.44. The van der Waals surface area contributed by atoms with Gasteiger partial charge in [-0.05, 0) is 83.7 Å². The molecule has 0 bridgehead atoms. The number of nitrogens with zero attached hydrogens (tertiary/aromatic N) is 1. The Morgan fingerprint density at radius 1 is 1.00 bits per heavy atom. The summed E-state index contributed by atoms with van der Waals surface area (Å²) in [6.07, 6.45) is 2.15. The lowest BCUT2D eigenvalue weighted by Crippen LogP contribution is -1.96. The van der Waals surface area contributed by atoms with Gasteiger partial charge in [-0.15, -0.1) is 0 Å². The van der Waals surface area contributed by atoms with Crippen molar-refractivity contribution in [1.82, 2.24) is 4.57 Å². The van der Waals surface area contributed by atoms with Gasteiger partial charge in [0.1, 0.15) is 0 Å². The quantitative estimate of drug-likeness (QED) is 0.372. The van der Waals surface area contributed by atoms with Crippen LogP contribution in [-0.2, 0) is 11.3 Å². The molecule has 1 aliphatic carbocycles. The summed E-state index contributed by atoms with van der Waals surface area (Å²) >= 11 is 6.23. The second-order valence-electron chi connectivity index (χ2n) is 7.96. The molecule has 4 heteroatoms. The van der Waals surface area contributed by atoms with Crippen molar-refractivity contribution < 1.29 is 9.90 Å².